The SMILES string of the molecule is CC(C=CCO)=C(C)C12CCN(CC3CC3)C(C)C1Cc1cc(C(=O)N3Cc4ccccc4C3)c(=O)[nH]c1C2. The van der Waals surface area contributed by atoms with Gasteiger partial charge in [-0.05, 0) is 94.0 Å². The second-order valence-electron chi connectivity index (χ2n) is 12.4. The minimum absolute atomic E-state index is 0.0294. The van der Waals surface area contributed by atoms with E-state index in [1.165, 1.54) is 30.5 Å². The molecule has 6 nitrogen and oxygen atoms in total. The van der Waals surface area contributed by atoms with Crippen LogP contribution < -0.4 is 5.56 Å². The summed E-state index contributed by atoms with van der Waals surface area (Å²) in [5, 5.41) is 9.38. The number of hydrogen-bond donors (Lipinski definition) is 2. The first-order valence-corrected chi connectivity index (χ1v) is 14.6. The normalized spacial score (nSPS) is 27.2. The molecule has 0 radical (unpaired) electrons. The van der Waals surface area contributed by atoms with Gasteiger partial charge in [-0.1, -0.05) is 47.6 Å². The number of aliphatic hydroxyl groups is 1. The molecule has 3 atom stereocenters. The van der Waals surface area contributed by atoms with Gasteiger partial charge in [-0.3, -0.25) is 9.59 Å². The third kappa shape index (κ3) is 4.72. The van der Waals surface area contributed by atoms with Crippen molar-refractivity contribution in [3.05, 3.63) is 91.9 Å². The van der Waals surface area contributed by atoms with Crippen molar-refractivity contribution < 1.29 is 9.90 Å². The number of aromatic amines is 1. The van der Waals surface area contributed by atoms with Crippen molar-refractivity contribution >= 4 is 5.91 Å². The highest BCUT2D eigenvalue weighted by molar-refractivity contribution is 5.94. The Morgan fingerprint density at radius 3 is 2.54 bits per heavy atom. The number of allylic oxidation sites excluding steroid dienone is 3. The number of pyridine rings is 1. The summed E-state index contributed by atoms with van der Waals surface area (Å²) in [5.41, 5.74) is 6.91. The van der Waals surface area contributed by atoms with E-state index in [2.05, 4.69) is 42.8 Å². The molecule has 1 saturated carbocycles. The molecule has 3 unspecified atom stereocenters. The van der Waals surface area contributed by atoms with Crippen LogP contribution in [0.2, 0.25) is 0 Å². The highest BCUT2D eigenvalue weighted by Gasteiger charge is 2.51. The number of piperidine rings is 1. The summed E-state index contributed by atoms with van der Waals surface area (Å²) in [6.07, 6.45) is 9.23. The second-order valence-corrected chi connectivity index (χ2v) is 12.4. The Morgan fingerprint density at radius 2 is 1.87 bits per heavy atom. The van der Waals surface area contributed by atoms with Crippen LogP contribution in [-0.2, 0) is 25.9 Å². The first-order chi connectivity index (χ1) is 18.8. The number of fused-ring (bicyclic) bond motifs is 3. The molecule has 1 amide bonds. The minimum atomic E-state index is -0.277. The van der Waals surface area contributed by atoms with Crippen LogP contribution in [0.25, 0.3) is 0 Å². The summed E-state index contributed by atoms with van der Waals surface area (Å²) in [4.78, 5) is 34.6. The Kier molecular flexibility index (Phi) is 6.88. The predicted octanol–water partition coefficient (Wildman–Crippen LogP) is 4.62. The van der Waals surface area contributed by atoms with E-state index in [1.54, 1.807) is 4.90 Å². The van der Waals surface area contributed by atoms with Gasteiger partial charge in [0.15, 0.2) is 0 Å². The maximum Gasteiger partial charge on any atom is 0.261 e. The van der Waals surface area contributed by atoms with E-state index in [1.807, 2.05) is 30.4 Å². The summed E-state index contributed by atoms with van der Waals surface area (Å²) in [6.45, 7) is 10.1. The van der Waals surface area contributed by atoms with Gasteiger partial charge in [0.05, 0.1) is 6.61 Å². The number of nitrogens with one attached hydrogen (secondary N) is 1. The van der Waals surface area contributed by atoms with E-state index in [-0.39, 0.29) is 29.1 Å². The van der Waals surface area contributed by atoms with Crippen LogP contribution in [0, 0.1) is 17.3 Å². The van der Waals surface area contributed by atoms with Crippen molar-refractivity contribution in [2.45, 2.75) is 72.0 Å². The fraction of sp³-hybridized carbons (Fsp3) is 0.515. The van der Waals surface area contributed by atoms with E-state index >= 15 is 0 Å². The molecule has 2 aromatic rings. The summed E-state index contributed by atoms with van der Waals surface area (Å²) in [5.74, 6) is 1.05. The van der Waals surface area contributed by atoms with Crippen LogP contribution in [0.15, 0.2) is 58.4 Å². The molecular formula is C33H41N3O3. The number of benzene rings is 1. The molecule has 0 spiro atoms. The van der Waals surface area contributed by atoms with E-state index in [9.17, 15) is 14.7 Å². The summed E-state index contributed by atoms with van der Waals surface area (Å²) < 4.78 is 0. The molecule has 2 aliphatic heterocycles. The van der Waals surface area contributed by atoms with Crippen LogP contribution in [0.4, 0.5) is 0 Å². The number of aliphatic hydroxyl groups excluding tert-OH is 1. The lowest BCUT2D eigenvalue weighted by Crippen LogP contribution is -2.57. The van der Waals surface area contributed by atoms with Crippen molar-refractivity contribution in [2.24, 2.45) is 17.3 Å². The monoisotopic (exact) mass is 527 g/mol. The van der Waals surface area contributed by atoms with Gasteiger partial charge in [0, 0.05) is 36.8 Å². The van der Waals surface area contributed by atoms with Gasteiger partial charge in [-0.2, -0.15) is 0 Å². The maximum absolute atomic E-state index is 13.6. The molecule has 4 aliphatic rings. The molecule has 6 heteroatoms. The van der Waals surface area contributed by atoms with Crippen LogP contribution in [0.1, 0.15) is 72.8 Å². The number of H-pyrrole nitrogens is 1. The first-order valence-electron chi connectivity index (χ1n) is 14.6. The third-order valence-corrected chi connectivity index (χ3v) is 10.2. The largest absolute Gasteiger partial charge is 0.392 e. The zero-order valence-electron chi connectivity index (χ0n) is 23.5. The van der Waals surface area contributed by atoms with Crippen molar-refractivity contribution in [3.63, 3.8) is 0 Å². The highest BCUT2D eigenvalue weighted by atomic mass is 16.2. The number of nitrogens with zero attached hydrogens (tertiary/aromatic N) is 2. The van der Waals surface area contributed by atoms with Crippen LogP contribution in [0.3, 0.4) is 0 Å². The fourth-order valence-electron chi connectivity index (χ4n) is 7.58. The average Bonchev–Trinajstić information content (AvgIpc) is 3.65. The quantitative estimate of drug-likeness (QED) is 0.538. The zero-order valence-corrected chi connectivity index (χ0v) is 23.5. The highest BCUT2D eigenvalue weighted by Crippen LogP contribution is 2.53. The lowest BCUT2D eigenvalue weighted by molar-refractivity contribution is -0.0000164. The lowest BCUT2D eigenvalue weighted by Gasteiger charge is -2.55. The smallest absolute Gasteiger partial charge is 0.261 e. The van der Waals surface area contributed by atoms with Gasteiger partial charge < -0.3 is 19.9 Å². The van der Waals surface area contributed by atoms with Gasteiger partial charge in [0.2, 0.25) is 0 Å². The Labute approximate surface area is 231 Å². The number of likely N-dealkylation sites (tertiary alicyclic amines) is 1. The Morgan fingerprint density at radius 1 is 1.15 bits per heavy atom. The van der Waals surface area contributed by atoms with E-state index in [4.69, 9.17) is 0 Å². The molecule has 1 aromatic heterocycles. The van der Waals surface area contributed by atoms with E-state index in [0.29, 0.717) is 25.0 Å². The molecule has 3 heterocycles. The molecule has 2 N–H and O–H groups in total. The van der Waals surface area contributed by atoms with E-state index < -0.39 is 0 Å². The number of hydrogen-bond acceptors (Lipinski definition) is 4. The maximum atomic E-state index is 13.6. The molecule has 1 aromatic carbocycles. The Bertz CT molecular complexity index is 1380. The van der Waals surface area contributed by atoms with Crippen molar-refractivity contribution in [2.75, 3.05) is 19.7 Å². The van der Waals surface area contributed by atoms with Crippen molar-refractivity contribution in [3.8, 4) is 0 Å². The van der Waals surface area contributed by atoms with Crippen LogP contribution in [0.5, 0.6) is 0 Å². The Balaban J connectivity index is 1.35. The van der Waals surface area contributed by atoms with E-state index in [0.717, 1.165) is 54.1 Å². The summed E-state index contributed by atoms with van der Waals surface area (Å²) in [7, 11) is 0. The number of amides is 1. The van der Waals surface area contributed by atoms with Gasteiger partial charge in [0.1, 0.15) is 5.56 Å². The number of carbonyl (C=O) groups excluding carboxylic acids is 1. The topological polar surface area (TPSA) is 76.6 Å². The summed E-state index contributed by atoms with van der Waals surface area (Å²) >= 11 is 0. The Hall–Kier alpha value is -2.96. The predicted molar refractivity (Wildman–Crippen MR) is 153 cm³/mol. The number of aromatic nitrogens is 1. The third-order valence-electron chi connectivity index (χ3n) is 10.2. The minimum Gasteiger partial charge on any atom is -0.392 e. The number of carbonyl (C=O) groups is 1. The molecule has 1 saturated heterocycles. The van der Waals surface area contributed by atoms with Gasteiger partial charge in [0.25, 0.3) is 11.5 Å². The zero-order chi connectivity index (χ0) is 27.3. The molecule has 6 rings (SSSR count). The van der Waals surface area contributed by atoms with Crippen LogP contribution in [-0.4, -0.2) is 51.5 Å². The van der Waals surface area contributed by atoms with Crippen LogP contribution >= 0.6 is 0 Å². The first kappa shape index (κ1) is 26.3. The average molecular weight is 528 g/mol. The molecule has 2 aliphatic carbocycles. The molecule has 0 bridgehead atoms. The van der Waals surface area contributed by atoms with Gasteiger partial charge in [-0.25, -0.2) is 0 Å². The molecule has 39 heavy (non-hydrogen) atoms. The molecule has 2 fully saturated rings. The molecule has 206 valence electrons. The van der Waals surface area contributed by atoms with Crippen molar-refractivity contribution in [1.82, 2.24) is 14.8 Å². The lowest BCUT2D eigenvalue weighted by atomic mass is 9.55. The van der Waals surface area contributed by atoms with Crippen molar-refractivity contribution in [1.29, 1.82) is 0 Å². The number of rotatable bonds is 6. The second kappa shape index (κ2) is 10.2. The molecular weight excluding hydrogens is 486 g/mol. The van der Waals surface area contributed by atoms with Gasteiger partial charge in [-0.15, -0.1) is 0 Å². The standard InChI is InChI=1S/C33H41N3O3/c1-21(7-6-14-37)22(2)33-12-13-35(18-24-10-11-24)23(3)29(33)16-27-15-28(31(38)34-30(27)17-33)32(39)36-19-25-8-4-5-9-26(25)20-36/h4-9,15,23-24,29,37H,10-14,16-20H2,1-3H3,(H,34,38). The summed E-state index contributed by atoms with van der Waals surface area (Å²) in [6, 6.07) is 10.4. The fourth-order valence-corrected chi connectivity index (χ4v) is 7.58. The van der Waals surface area contributed by atoms with Gasteiger partial charge >= 0.3 is 0 Å².